The molecule has 1 aromatic carbocycles. The Bertz CT molecular complexity index is 988. The van der Waals surface area contributed by atoms with Crippen molar-refractivity contribution in [2.24, 2.45) is 4.99 Å². The molecule has 0 aliphatic carbocycles. The summed E-state index contributed by atoms with van der Waals surface area (Å²) in [6.07, 6.45) is -0.411. The molecule has 0 unspecified atom stereocenters. The van der Waals surface area contributed by atoms with Gasteiger partial charge in [-0.25, -0.2) is 9.97 Å². The van der Waals surface area contributed by atoms with E-state index in [-0.39, 0.29) is 29.9 Å². The summed E-state index contributed by atoms with van der Waals surface area (Å²) in [5.41, 5.74) is 0.240. The molecule has 3 rings (SSSR count). The first-order valence-corrected chi connectivity index (χ1v) is 9.60. The van der Waals surface area contributed by atoms with E-state index < -0.39 is 11.9 Å². The molecule has 31 heavy (non-hydrogen) atoms. The molecular formula is C20H25F3IN7. The molecule has 3 aromatic rings. The maximum atomic E-state index is 12.7. The Balaban J connectivity index is 0.00000341. The Morgan fingerprint density at radius 2 is 1.84 bits per heavy atom. The Morgan fingerprint density at radius 3 is 2.61 bits per heavy atom. The summed E-state index contributed by atoms with van der Waals surface area (Å²) in [6, 6.07) is 11.2. The molecule has 0 saturated heterocycles. The van der Waals surface area contributed by atoms with E-state index in [1.54, 1.807) is 7.05 Å². The van der Waals surface area contributed by atoms with Gasteiger partial charge in [0.15, 0.2) is 5.96 Å². The van der Waals surface area contributed by atoms with Gasteiger partial charge in [-0.2, -0.15) is 13.2 Å². The lowest BCUT2D eigenvalue weighted by Gasteiger charge is -2.13. The highest BCUT2D eigenvalue weighted by Crippen LogP contribution is 2.27. The number of anilines is 1. The van der Waals surface area contributed by atoms with Gasteiger partial charge in [0.2, 0.25) is 5.95 Å². The Morgan fingerprint density at radius 1 is 1.06 bits per heavy atom. The first-order valence-electron chi connectivity index (χ1n) is 9.60. The Labute approximate surface area is 195 Å². The summed E-state index contributed by atoms with van der Waals surface area (Å²) in [4.78, 5) is 11.4. The lowest BCUT2D eigenvalue weighted by Crippen LogP contribution is -2.40. The quantitative estimate of drug-likeness (QED) is 0.174. The number of aliphatic imine (C=N–C) groups is 1. The number of para-hydroxylation sites is 1. The highest BCUT2D eigenvalue weighted by Gasteiger charge is 2.32. The van der Waals surface area contributed by atoms with Gasteiger partial charge in [0, 0.05) is 51.1 Å². The van der Waals surface area contributed by atoms with Crippen LogP contribution in [0.5, 0.6) is 0 Å². The molecule has 0 atom stereocenters. The van der Waals surface area contributed by atoms with Gasteiger partial charge in [0.25, 0.3) is 0 Å². The summed E-state index contributed by atoms with van der Waals surface area (Å²) in [7, 11) is 1.66. The van der Waals surface area contributed by atoms with Gasteiger partial charge in [0.05, 0.1) is 0 Å². The molecule has 11 heteroatoms. The number of rotatable bonds is 8. The van der Waals surface area contributed by atoms with Crippen LogP contribution in [0.2, 0.25) is 0 Å². The van der Waals surface area contributed by atoms with Crippen molar-refractivity contribution in [3.8, 4) is 0 Å². The van der Waals surface area contributed by atoms with Gasteiger partial charge in [-0.15, -0.1) is 24.0 Å². The molecular weight excluding hydrogens is 522 g/mol. The van der Waals surface area contributed by atoms with Crippen molar-refractivity contribution in [3.63, 3.8) is 0 Å². The van der Waals surface area contributed by atoms with E-state index >= 15 is 0 Å². The zero-order valence-corrected chi connectivity index (χ0v) is 19.3. The summed E-state index contributed by atoms with van der Waals surface area (Å²) < 4.78 is 40.2. The first kappa shape index (κ1) is 24.7. The van der Waals surface area contributed by atoms with Gasteiger partial charge in [-0.3, -0.25) is 4.99 Å². The largest absolute Gasteiger partial charge is 0.433 e. The lowest BCUT2D eigenvalue weighted by atomic mass is 10.2. The summed E-state index contributed by atoms with van der Waals surface area (Å²) in [5.74, 6) is 0.563. The van der Waals surface area contributed by atoms with Gasteiger partial charge < -0.3 is 20.5 Å². The normalized spacial score (nSPS) is 11.8. The van der Waals surface area contributed by atoms with Crippen LogP contribution < -0.4 is 16.0 Å². The van der Waals surface area contributed by atoms with Crippen LogP contribution in [0.3, 0.4) is 0 Å². The van der Waals surface area contributed by atoms with E-state index in [4.69, 9.17) is 0 Å². The van der Waals surface area contributed by atoms with Crippen LogP contribution in [-0.2, 0) is 12.7 Å². The molecule has 0 saturated carbocycles. The third-order valence-corrected chi connectivity index (χ3v) is 4.42. The van der Waals surface area contributed by atoms with Crippen molar-refractivity contribution in [3.05, 3.63) is 54.5 Å². The number of benzene rings is 1. The van der Waals surface area contributed by atoms with Crippen LogP contribution >= 0.6 is 24.0 Å². The van der Waals surface area contributed by atoms with Crippen LogP contribution in [0.15, 0.2) is 53.8 Å². The van der Waals surface area contributed by atoms with E-state index in [0.717, 1.165) is 31.8 Å². The predicted octanol–water partition coefficient (Wildman–Crippen LogP) is 3.74. The molecule has 0 fully saturated rings. The Kier molecular flexibility index (Phi) is 9.34. The fourth-order valence-electron chi connectivity index (χ4n) is 2.97. The smallest absolute Gasteiger partial charge is 0.356 e. The van der Waals surface area contributed by atoms with Crippen molar-refractivity contribution in [2.45, 2.75) is 19.1 Å². The topological polar surface area (TPSA) is 79.2 Å². The zero-order valence-electron chi connectivity index (χ0n) is 17.0. The fourth-order valence-corrected chi connectivity index (χ4v) is 2.97. The molecule has 0 aliphatic heterocycles. The van der Waals surface area contributed by atoms with E-state index in [1.807, 2.05) is 12.1 Å². The minimum atomic E-state index is -4.49. The second kappa shape index (κ2) is 11.7. The first-order chi connectivity index (χ1) is 14.5. The van der Waals surface area contributed by atoms with Crippen molar-refractivity contribution >= 4 is 46.8 Å². The summed E-state index contributed by atoms with van der Waals surface area (Å²) in [5, 5.41) is 10.3. The van der Waals surface area contributed by atoms with E-state index in [1.165, 1.54) is 10.9 Å². The average Bonchev–Trinajstić information content (AvgIpc) is 3.15. The standard InChI is InChI=1S/C20H24F3N7.HI/c1-24-18(25-9-4-13-30-14-8-15-5-2-3-6-16(15)30)27-11-12-28-19-26-10-7-17(29-19)20(21,22)23;/h2-3,5-8,10,14H,4,9,11-13H2,1H3,(H2,24,25,27)(H,26,28,29);1H. The average molecular weight is 547 g/mol. The number of nitrogens with zero attached hydrogens (tertiary/aromatic N) is 4. The van der Waals surface area contributed by atoms with Gasteiger partial charge in [-0.05, 0) is 30.0 Å². The lowest BCUT2D eigenvalue weighted by molar-refractivity contribution is -0.141. The molecule has 2 aromatic heterocycles. The number of hydrogen-bond acceptors (Lipinski definition) is 4. The number of guanidine groups is 1. The van der Waals surface area contributed by atoms with Crippen LogP contribution in [0.25, 0.3) is 10.9 Å². The summed E-state index contributed by atoms with van der Waals surface area (Å²) >= 11 is 0. The maximum Gasteiger partial charge on any atom is 0.433 e. The van der Waals surface area contributed by atoms with Crippen molar-refractivity contribution in [1.29, 1.82) is 0 Å². The number of alkyl halides is 3. The van der Waals surface area contributed by atoms with Crippen LogP contribution in [0.4, 0.5) is 19.1 Å². The minimum absolute atomic E-state index is 0. The number of aryl methyl sites for hydroxylation is 1. The second-order valence-corrected chi connectivity index (χ2v) is 6.54. The van der Waals surface area contributed by atoms with Crippen molar-refractivity contribution in [2.75, 3.05) is 32.0 Å². The molecule has 2 heterocycles. The second-order valence-electron chi connectivity index (χ2n) is 6.54. The summed E-state index contributed by atoms with van der Waals surface area (Å²) in [6.45, 7) is 2.40. The van der Waals surface area contributed by atoms with E-state index in [0.29, 0.717) is 19.0 Å². The van der Waals surface area contributed by atoms with E-state index in [2.05, 4.69) is 59.9 Å². The highest BCUT2D eigenvalue weighted by atomic mass is 127. The SMILES string of the molecule is CN=C(NCCCn1ccc2ccccc21)NCCNc1nccc(C(F)(F)F)n1.I. The number of fused-ring (bicyclic) bond motifs is 1. The van der Waals surface area contributed by atoms with E-state index in [9.17, 15) is 13.2 Å². The minimum Gasteiger partial charge on any atom is -0.356 e. The fraction of sp³-hybridized carbons (Fsp3) is 0.350. The maximum absolute atomic E-state index is 12.7. The monoisotopic (exact) mass is 547 g/mol. The molecule has 0 bridgehead atoms. The van der Waals surface area contributed by atoms with Gasteiger partial charge >= 0.3 is 6.18 Å². The van der Waals surface area contributed by atoms with Crippen LogP contribution in [0, 0.1) is 0 Å². The van der Waals surface area contributed by atoms with Gasteiger partial charge in [-0.1, -0.05) is 18.2 Å². The van der Waals surface area contributed by atoms with Gasteiger partial charge in [0.1, 0.15) is 5.69 Å². The molecule has 7 nitrogen and oxygen atoms in total. The van der Waals surface area contributed by atoms with Crippen molar-refractivity contribution in [1.82, 2.24) is 25.2 Å². The predicted molar refractivity (Wildman–Crippen MR) is 127 cm³/mol. The number of nitrogens with one attached hydrogen (secondary N) is 3. The third kappa shape index (κ3) is 7.26. The molecule has 0 aliphatic rings. The molecule has 3 N–H and O–H groups in total. The Hall–Kier alpha value is -2.57. The van der Waals surface area contributed by atoms with Crippen molar-refractivity contribution < 1.29 is 13.2 Å². The highest BCUT2D eigenvalue weighted by molar-refractivity contribution is 14.0. The zero-order chi connectivity index (χ0) is 21.4. The van der Waals surface area contributed by atoms with Crippen LogP contribution in [-0.4, -0.2) is 47.2 Å². The molecule has 168 valence electrons. The number of halogens is 4. The number of hydrogen-bond donors (Lipinski definition) is 3. The molecule has 0 amide bonds. The van der Waals surface area contributed by atoms with Crippen LogP contribution in [0.1, 0.15) is 12.1 Å². The third-order valence-electron chi connectivity index (χ3n) is 4.42. The molecule has 0 spiro atoms. The molecule has 0 radical (unpaired) electrons. The number of aromatic nitrogens is 3.